The van der Waals surface area contributed by atoms with Crippen molar-refractivity contribution in [1.29, 1.82) is 0 Å². The average molecular weight is 479 g/mol. The zero-order valence-electron chi connectivity index (χ0n) is 17.9. The number of nitrogens with one attached hydrogen (secondary N) is 1. The van der Waals surface area contributed by atoms with E-state index in [4.69, 9.17) is 16.0 Å². The first-order chi connectivity index (χ1) is 16.4. The zero-order chi connectivity index (χ0) is 23.8. The van der Waals surface area contributed by atoms with E-state index in [0.717, 1.165) is 12.0 Å². The SMILES string of the molecule is O=C(O)[C@H]1CCC[C@@H]1C(=O)c1ccc(-c2ccc(Nc3nc4ccc(Cl)cc4o3)c(F)c2)cc1. The molecule has 0 aliphatic heterocycles. The lowest BCUT2D eigenvalue weighted by Crippen LogP contribution is -2.25. The number of aromatic nitrogens is 1. The van der Waals surface area contributed by atoms with Gasteiger partial charge in [-0.15, -0.1) is 0 Å². The molecule has 0 saturated heterocycles. The molecule has 172 valence electrons. The van der Waals surface area contributed by atoms with E-state index in [1.807, 2.05) is 0 Å². The molecule has 2 N–H and O–H groups in total. The predicted octanol–water partition coefficient (Wildman–Crippen LogP) is 6.71. The molecule has 0 radical (unpaired) electrons. The number of ketones is 1. The lowest BCUT2D eigenvalue weighted by Gasteiger charge is -2.14. The Labute approximate surface area is 199 Å². The summed E-state index contributed by atoms with van der Waals surface area (Å²) in [6.45, 7) is 0. The second-order valence-corrected chi connectivity index (χ2v) is 8.81. The standard InChI is InChI=1S/C26H20ClFN2O4/c27-17-9-11-22-23(13-17)34-26(30-22)29-21-10-8-16(12-20(21)28)14-4-6-15(7-5-14)24(31)18-2-1-3-19(18)25(32)33/h4-13,18-19H,1-3H2,(H,29,30)(H,32,33)/t18-,19-/m0/s1. The van der Waals surface area contributed by atoms with Crippen LogP contribution in [0.4, 0.5) is 16.1 Å². The van der Waals surface area contributed by atoms with E-state index in [-0.39, 0.29) is 17.5 Å². The average Bonchev–Trinajstić information content (AvgIpc) is 3.47. The van der Waals surface area contributed by atoms with E-state index < -0.39 is 23.6 Å². The second kappa shape index (κ2) is 8.91. The molecule has 0 amide bonds. The number of carboxylic acids is 1. The van der Waals surface area contributed by atoms with Crippen LogP contribution < -0.4 is 5.32 Å². The Kier molecular flexibility index (Phi) is 5.79. The molecule has 8 heteroatoms. The lowest BCUT2D eigenvalue weighted by atomic mass is 9.88. The molecule has 5 rings (SSSR count). The molecular weight excluding hydrogens is 459 g/mol. The number of carbonyl (C=O) groups is 2. The summed E-state index contributed by atoms with van der Waals surface area (Å²) in [4.78, 5) is 28.5. The lowest BCUT2D eigenvalue weighted by molar-refractivity contribution is -0.142. The Hall–Kier alpha value is -3.71. The first-order valence-corrected chi connectivity index (χ1v) is 11.3. The van der Waals surface area contributed by atoms with Crippen molar-refractivity contribution >= 4 is 46.2 Å². The topological polar surface area (TPSA) is 92.4 Å². The quantitative estimate of drug-likeness (QED) is 0.299. The van der Waals surface area contributed by atoms with Gasteiger partial charge in [-0.1, -0.05) is 48.4 Å². The van der Waals surface area contributed by atoms with Gasteiger partial charge in [0.2, 0.25) is 0 Å². The predicted molar refractivity (Wildman–Crippen MR) is 127 cm³/mol. The molecule has 3 aromatic carbocycles. The van der Waals surface area contributed by atoms with Crippen molar-refractivity contribution in [2.75, 3.05) is 5.32 Å². The third kappa shape index (κ3) is 4.26. The minimum absolute atomic E-state index is 0.151. The Bertz CT molecular complexity index is 1400. The Balaban J connectivity index is 1.32. The van der Waals surface area contributed by atoms with E-state index >= 15 is 0 Å². The van der Waals surface area contributed by atoms with Gasteiger partial charge in [0.25, 0.3) is 6.01 Å². The number of oxazole rings is 1. The molecule has 0 spiro atoms. The maximum absolute atomic E-state index is 14.8. The van der Waals surface area contributed by atoms with Crippen molar-refractivity contribution in [1.82, 2.24) is 4.98 Å². The normalized spacial score (nSPS) is 17.7. The third-order valence-corrected chi connectivity index (χ3v) is 6.47. The number of benzene rings is 3. The van der Waals surface area contributed by atoms with Crippen LogP contribution in [0.3, 0.4) is 0 Å². The highest BCUT2D eigenvalue weighted by molar-refractivity contribution is 6.31. The first-order valence-electron chi connectivity index (χ1n) is 10.9. The van der Waals surface area contributed by atoms with Crippen LogP contribution in [0.25, 0.3) is 22.2 Å². The first kappa shape index (κ1) is 22.1. The third-order valence-electron chi connectivity index (χ3n) is 6.23. The fourth-order valence-corrected chi connectivity index (χ4v) is 4.64. The molecule has 6 nitrogen and oxygen atoms in total. The summed E-state index contributed by atoms with van der Waals surface area (Å²) in [5.74, 6) is -2.68. The maximum Gasteiger partial charge on any atom is 0.307 e. The number of carbonyl (C=O) groups excluding carboxylic acids is 1. The number of anilines is 2. The van der Waals surface area contributed by atoms with Gasteiger partial charge >= 0.3 is 5.97 Å². The fraction of sp³-hybridized carbons (Fsp3) is 0.192. The summed E-state index contributed by atoms with van der Waals surface area (Å²) >= 11 is 5.96. The van der Waals surface area contributed by atoms with Crippen molar-refractivity contribution in [3.8, 4) is 11.1 Å². The van der Waals surface area contributed by atoms with Crippen LogP contribution in [0.5, 0.6) is 0 Å². The number of fused-ring (bicyclic) bond motifs is 1. The molecule has 1 fully saturated rings. The van der Waals surface area contributed by atoms with Gasteiger partial charge in [0.05, 0.1) is 11.6 Å². The van der Waals surface area contributed by atoms with Crippen molar-refractivity contribution in [2.45, 2.75) is 19.3 Å². The van der Waals surface area contributed by atoms with Crippen LogP contribution in [-0.4, -0.2) is 21.8 Å². The summed E-state index contributed by atoms with van der Waals surface area (Å²) < 4.78 is 20.4. The number of nitrogens with zero attached hydrogens (tertiary/aromatic N) is 1. The minimum atomic E-state index is -0.918. The van der Waals surface area contributed by atoms with Crippen LogP contribution >= 0.6 is 11.6 Å². The van der Waals surface area contributed by atoms with Crippen LogP contribution in [0.2, 0.25) is 5.02 Å². The summed E-state index contributed by atoms with van der Waals surface area (Å²) in [6.07, 6.45) is 1.85. The van der Waals surface area contributed by atoms with Gasteiger partial charge in [-0.05, 0) is 48.2 Å². The van der Waals surface area contributed by atoms with Crippen molar-refractivity contribution in [3.63, 3.8) is 0 Å². The van der Waals surface area contributed by atoms with E-state index in [1.165, 1.54) is 6.07 Å². The molecule has 2 atom stereocenters. The van der Waals surface area contributed by atoms with Crippen LogP contribution in [-0.2, 0) is 4.79 Å². The van der Waals surface area contributed by atoms with E-state index in [1.54, 1.807) is 54.6 Å². The van der Waals surface area contributed by atoms with Gasteiger partial charge in [-0.3, -0.25) is 9.59 Å². The summed E-state index contributed by atoms with van der Waals surface area (Å²) in [6, 6.07) is 16.7. The molecular formula is C26H20ClFN2O4. The second-order valence-electron chi connectivity index (χ2n) is 8.37. The van der Waals surface area contributed by atoms with Crippen LogP contribution in [0.15, 0.2) is 65.1 Å². The van der Waals surface area contributed by atoms with Gasteiger partial charge in [-0.25, -0.2) is 4.39 Å². The van der Waals surface area contributed by atoms with Gasteiger partial charge in [-0.2, -0.15) is 4.98 Å². The molecule has 1 aliphatic rings. The molecule has 34 heavy (non-hydrogen) atoms. The maximum atomic E-state index is 14.8. The highest BCUT2D eigenvalue weighted by Gasteiger charge is 2.37. The number of rotatable bonds is 6. The summed E-state index contributed by atoms with van der Waals surface area (Å²) in [5.41, 5.74) is 3.14. The van der Waals surface area contributed by atoms with Gasteiger partial charge in [0.1, 0.15) is 11.3 Å². The molecule has 1 saturated carbocycles. The zero-order valence-corrected chi connectivity index (χ0v) is 18.7. The number of hydrogen-bond donors (Lipinski definition) is 2. The molecule has 1 aromatic heterocycles. The molecule has 0 bridgehead atoms. The molecule has 4 aromatic rings. The Morgan fingerprint density at radius 2 is 1.74 bits per heavy atom. The van der Waals surface area contributed by atoms with Gasteiger partial charge in [0.15, 0.2) is 11.4 Å². The van der Waals surface area contributed by atoms with Gasteiger partial charge < -0.3 is 14.8 Å². The van der Waals surface area contributed by atoms with Gasteiger partial charge in [0, 0.05) is 22.6 Å². The Morgan fingerprint density at radius 3 is 2.47 bits per heavy atom. The number of carboxylic acid groups (broad SMARTS) is 1. The highest BCUT2D eigenvalue weighted by atomic mass is 35.5. The fourth-order valence-electron chi connectivity index (χ4n) is 4.47. The molecule has 1 heterocycles. The molecule has 1 aliphatic carbocycles. The molecule has 0 unspecified atom stereocenters. The monoisotopic (exact) mass is 478 g/mol. The van der Waals surface area contributed by atoms with Crippen LogP contribution in [0, 0.1) is 17.7 Å². The Morgan fingerprint density at radius 1 is 1.00 bits per heavy atom. The number of halogens is 2. The summed E-state index contributed by atoms with van der Waals surface area (Å²) in [7, 11) is 0. The smallest absolute Gasteiger partial charge is 0.307 e. The van der Waals surface area contributed by atoms with Crippen LogP contribution in [0.1, 0.15) is 29.6 Å². The minimum Gasteiger partial charge on any atom is -0.481 e. The van der Waals surface area contributed by atoms with E-state index in [9.17, 15) is 19.1 Å². The van der Waals surface area contributed by atoms with Crippen molar-refractivity contribution in [3.05, 3.63) is 77.1 Å². The summed E-state index contributed by atoms with van der Waals surface area (Å²) in [5, 5.41) is 12.7. The van der Waals surface area contributed by atoms with E-state index in [0.29, 0.717) is 40.1 Å². The number of Topliss-reactive ketones (excluding diaryl/α,β-unsaturated/α-hetero) is 1. The van der Waals surface area contributed by atoms with Crippen molar-refractivity contribution < 1.29 is 23.5 Å². The largest absolute Gasteiger partial charge is 0.481 e. The highest BCUT2D eigenvalue weighted by Crippen LogP contribution is 2.35. The number of aliphatic carboxylic acids is 1. The van der Waals surface area contributed by atoms with E-state index in [2.05, 4.69) is 10.3 Å². The number of hydrogen-bond acceptors (Lipinski definition) is 5. The van der Waals surface area contributed by atoms with Crippen molar-refractivity contribution in [2.24, 2.45) is 11.8 Å².